The zero-order valence-corrected chi connectivity index (χ0v) is 16.4. The molecule has 32 heavy (non-hydrogen) atoms. The number of para-hydroxylation sites is 1. The zero-order chi connectivity index (χ0) is 23.3. The number of hydrogen-bond donors (Lipinski definition) is 3. The molecule has 0 saturated heterocycles. The van der Waals surface area contributed by atoms with E-state index in [4.69, 9.17) is 5.11 Å². The number of alkyl halides is 3. The Morgan fingerprint density at radius 2 is 1.50 bits per heavy atom. The van der Waals surface area contributed by atoms with Crippen LogP contribution in [-0.4, -0.2) is 22.9 Å². The number of anilines is 2. The summed E-state index contributed by atoms with van der Waals surface area (Å²) in [6, 6.07) is 16.2. The lowest BCUT2D eigenvalue weighted by Gasteiger charge is -2.12. The normalized spacial score (nSPS) is 11.0. The Kier molecular flexibility index (Phi) is 6.58. The molecule has 0 atom stereocenters. The number of hydrogen-bond acceptors (Lipinski definition) is 3. The molecule has 0 aliphatic carbocycles. The van der Waals surface area contributed by atoms with Gasteiger partial charge in [0.05, 0.1) is 23.2 Å². The third-order valence-electron chi connectivity index (χ3n) is 4.43. The van der Waals surface area contributed by atoms with E-state index in [1.165, 1.54) is 18.2 Å². The van der Waals surface area contributed by atoms with Gasteiger partial charge in [-0.2, -0.15) is 13.2 Å². The summed E-state index contributed by atoms with van der Waals surface area (Å²) in [5.41, 5.74) is 0.276. The monoisotopic (exact) mass is 442 g/mol. The van der Waals surface area contributed by atoms with Gasteiger partial charge in [-0.25, -0.2) is 0 Å². The highest BCUT2D eigenvalue weighted by Gasteiger charge is 2.30. The van der Waals surface area contributed by atoms with Crippen LogP contribution in [0.25, 0.3) is 0 Å². The van der Waals surface area contributed by atoms with Gasteiger partial charge in [0.15, 0.2) is 0 Å². The second-order valence-corrected chi connectivity index (χ2v) is 6.80. The van der Waals surface area contributed by atoms with E-state index in [-0.39, 0.29) is 23.2 Å². The summed E-state index contributed by atoms with van der Waals surface area (Å²) in [7, 11) is 0. The maximum Gasteiger partial charge on any atom is 0.416 e. The first kappa shape index (κ1) is 22.5. The largest absolute Gasteiger partial charge is 0.481 e. The number of carbonyl (C=O) groups is 3. The summed E-state index contributed by atoms with van der Waals surface area (Å²) >= 11 is 0. The van der Waals surface area contributed by atoms with Gasteiger partial charge in [0.2, 0.25) is 0 Å². The molecule has 0 aliphatic rings. The molecule has 2 amide bonds. The van der Waals surface area contributed by atoms with Crippen molar-refractivity contribution < 1.29 is 32.7 Å². The van der Waals surface area contributed by atoms with E-state index < -0.39 is 29.5 Å². The van der Waals surface area contributed by atoms with Crippen molar-refractivity contribution in [3.8, 4) is 0 Å². The van der Waals surface area contributed by atoms with Crippen molar-refractivity contribution in [1.82, 2.24) is 0 Å². The maximum atomic E-state index is 12.7. The Hall–Kier alpha value is -4.14. The van der Waals surface area contributed by atoms with Crippen LogP contribution in [0.5, 0.6) is 0 Å². The van der Waals surface area contributed by atoms with Crippen molar-refractivity contribution in [2.75, 3.05) is 10.6 Å². The summed E-state index contributed by atoms with van der Waals surface area (Å²) < 4.78 is 38.1. The van der Waals surface area contributed by atoms with Crippen LogP contribution in [0.3, 0.4) is 0 Å². The van der Waals surface area contributed by atoms with Crippen LogP contribution in [0.1, 0.15) is 31.8 Å². The fourth-order valence-electron chi connectivity index (χ4n) is 2.93. The van der Waals surface area contributed by atoms with E-state index in [0.29, 0.717) is 11.3 Å². The smallest absolute Gasteiger partial charge is 0.416 e. The molecule has 9 heteroatoms. The molecule has 0 heterocycles. The number of nitrogens with one attached hydrogen (secondary N) is 2. The molecule has 0 aromatic heterocycles. The first-order valence-corrected chi connectivity index (χ1v) is 9.33. The van der Waals surface area contributed by atoms with E-state index in [9.17, 15) is 27.6 Å². The van der Waals surface area contributed by atoms with Crippen molar-refractivity contribution in [2.45, 2.75) is 12.6 Å². The fraction of sp³-hybridized carbons (Fsp3) is 0.0870. The standard InChI is InChI=1S/C23H17F3N2O4/c24-23(25,26)16-10-8-15(9-11-16)21(31)28-19-7-2-1-6-18(19)22(32)27-17-5-3-4-14(12-17)13-20(29)30/h1-12H,13H2,(H,27,32)(H,28,31)(H,29,30). The van der Waals surface area contributed by atoms with Crippen molar-refractivity contribution in [2.24, 2.45) is 0 Å². The van der Waals surface area contributed by atoms with Gasteiger partial charge in [-0.3, -0.25) is 14.4 Å². The van der Waals surface area contributed by atoms with Gasteiger partial charge < -0.3 is 15.7 Å². The van der Waals surface area contributed by atoms with Gasteiger partial charge in [-0.15, -0.1) is 0 Å². The van der Waals surface area contributed by atoms with Crippen LogP contribution >= 0.6 is 0 Å². The minimum absolute atomic E-state index is 0.00502. The molecule has 0 spiro atoms. The highest BCUT2D eigenvalue weighted by Crippen LogP contribution is 2.29. The van der Waals surface area contributed by atoms with Gasteiger partial charge >= 0.3 is 12.1 Å². The number of carboxylic acids is 1. The maximum absolute atomic E-state index is 12.7. The fourth-order valence-corrected chi connectivity index (χ4v) is 2.93. The van der Waals surface area contributed by atoms with E-state index in [1.807, 2.05) is 0 Å². The topological polar surface area (TPSA) is 95.5 Å². The molecule has 0 fully saturated rings. The number of halogens is 3. The quantitative estimate of drug-likeness (QED) is 0.509. The van der Waals surface area contributed by atoms with Gasteiger partial charge in [-0.1, -0.05) is 24.3 Å². The van der Waals surface area contributed by atoms with Crippen LogP contribution < -0.4 is 10.6 Å². The average Bonchev–Trinajstić information content (AvgIpc) is 2.73. The van der Waals surface area contributed by atoms with Gasteiger partial charge in [0.25, 0.3) is 11.8 Å². The number of aliphatic carboxylic acids is 1. The van der Waals surface area contributed by atoms with Crippen LogP contribution in [0.4, 0.5) is 24.5 Å². The molecule has 164 valence electrons. The van der Waals surface area contributed by atoms with E-state index in [0.717, 1.165) is 24.3 Å². The molecule has 6 nitrogen and oxygen atoms in total. The molecule has 3 N–H and O–H groups in total. The molecule has 0 radical (unpaired) electrons. The summed E-state index contributed by atoms with van der Waals surface area (Å²) in [5.74, 6) is -2.24. The number of amides is 2. The Morgan fingerprint density at radius 3 is 2.16 bits per heavy atom. The molecule has 0 unspecified atom stereocenters. The van der Waals surface area contributed by atoms with Crippen LogP contribution in [-0.2, 0) is 17.4 Å². The lowest BCUT2D eigenvalue weighted by Crippen LogP contribution is -2.18. The molecule has 0 saturated carbocycles. The van der Waals surface area contributed by atoms with Crippen LogP contribution in [0.15, 0.2) is 72.8 Å². The molecular weight excluding hydrogens is 425 g/mol. The number of carbonyl (C=O) groups excluding carboxylic acids is 2. The second-order valence-electron chi connectivity index (χ2n) is 6.80. The van der Waals surface area contributed by atoms with Crippen LogP contribution in [0, 0.1) is 0 Å². The van der Waals surface area contributed by atoms with E-state index in [1.54, 1.807) is 30.3 Å². The molecule has 3 aromatic rings. The van der Waals surface area contributed by atoms with Gasteiger partial charge in [0.1, 0.15) is 0 Å². The van der Waals surface area contributed by atoms with Crippen molar-refractivity contribution in [1.29, 1.82) is 0 Å². The Bertz CT molecular complexity index is 1160. The lowest BCUT2D eigenvalue weighted by atomic mass is 10.1. The van der Waals surface area contributed by atoms with E-state index in [2.05, 4.69) is 10.6 Å². The second kappa shape index (κ2) is 9.34. The molecule has 3 rings (SSSR count). The third-order valence-corrected chi connectivity index (χ3v) is 4.43. The zero-order valence-electron chi connectivity index (χ0n) is 16.4. The summed E-state index contributed by atoms with van der Waals surface area (Å²) in [6.45, 7) is 0. The first-order chi connectivity index (χ1) is 15.1. The van der Waals surface area contributed by atoms with Gasteiger partial charge in [-0.05, 0) is 54.1 Å². The minimum atomic E-state index is -4.51. The van der Waals surface area contributed by atoms with Crippen LogP contribution in [0.2, 0.25) is 0 Å². The third kappa shape index (κ3) is 5.72. The van der Waals surface area contributed by atoms with Gasteiger partial charge in [0, 0.05) is 11.3 Å². The summed E-state index contributed by atoms with van der Waals surface area (Å²) in [6.07, 6.45) is -4.72. The average molecular weight is 442 g/mol. The van der Waals surface area contributed by atoms with E-state index >= 15 is 0 Å². The van der Waals surface area contributed by atoms with Crippen molar-refractivity contribution in [3.63, 3.8) is 0 Å². The lowest BCUT2D eigenvalue weighted by molar-refractivity contribution is -0.138. The predicted molar refractivity (Wildman–Crippen MR) is 112 cm³/mol. The first-order valence-electron chi connectivity index (χ1n) is 9.33. The summed E-state index contributed by atoms with van der Waals surface area (Å²) in [5, 5.41) is 14.1. The molecule has 3 aromatic carbocycles. The molecule has 0 aliphatic heterocycles. The number of rotatable bonds is 6. The van der Waals surface area contributed by atoms with Crippen molar-refractivity contribution >= 4 is 29.2 Å². The SMILES string of the molecule is O=C(O)Cc1cccc(NC(=O)c2ccccc2NC(=O)c2ccc(C(F)(F)F)cc2)c1. The minimum Gasteiger partial charge on any atom is -0.481 e. The molecule has 0 bridgehead atoms. The summed E-state index contributed by atoms with van der Waals surface area (Å²) in [4.78, 5) is 36.1. The highest BCUT2D eigenvalue weighted by molar-refractivity contribution is 6.12. The predicted octanol–water partition coefficient (Wildman–Crippen LogP) is 4.84. The Morgan fingerprint density at radius 1 is 0.812 bits per heavy atom. The van der Waals surface area contributed by atoms with Crippen molar-refractivity contribution in [3.05, 3.63) is 95.1 Å². The Labute approximate surface area is 180 Å². The highest BCUT2D eigenvalue weighted by atomic mass is 19.4. The molecular formula is C23H17F3N2O4. The Balaban J connectivity index is 1.76. The number of carboxylic acid groups (broad SMARTS) is 1. The number of benzene rings is 3.